The number of para-hydroxylation sites is 2. The molecule has 0 radical (unpaired) electrons. The minimum Gasteiger partial charge on any atom is -0.461 e. The lowest BCUT2D eigenvalue weighted by Crippen LogP contribution is -2.51. The van der Waals surface area contributed by atoms with E-state index in [1.165, 1.54) is 36.6 Å². The van der Waals surface area contributed by atoms with Crippen molar-refractivity contribution in [1.29, 1.82) is 0 Å². The molecule has 4 atom stereocenters. The zero-order valence-corrected chi connectivity index (χ0v) is 20.9. The maximum Gasteiger partial charge on any atom is 0.269 e. The van der Waals surface area contributed by atoms with Gasteiger partial charge in [0, 0.05) is 29.1 Å². The number of hydrogen-bond donors (Lipinski definition) is 1. The van der Waals surface area contributed by atoms with E-state index < -0.39 is 39.9 Å². The van der Waals surface area contributed by atoms with Crippen LogP contribution in [0.25, 0.3) is 6.08 Å². The van der Waals surface area contributed by atoms with Crippen molar-refractivity contribution >= 4 is 40.6 Å². The molecule has 0 aliphatic carbocycles. The highest BCUT2D eigenvalue weighted by atomic mass is 16.6. The van der Waals surface area contributed by atoms with Crippen molar-refractivity contribution < 1.29 is 23.7 Å². The average molecular weight is 532 g/mol. The molecule has 1 fully saturated rings. The number of furan rings is 1. The monoisotopic (exact) mass is 531 g/mol. The Hall–Kier alpha value is -5.31. The minimum atomic E-state index is -1.45. The molecule has 3 aliphatic heterocycles. The van der Waals surface area contributed by atoms with Gasteiger partial charge in [0.1, 0.15) is 11.5 Å². The number of nitrogens with zero attached hydrogens (tertiary/aromatic N) is 2. The van der Waals surface area contributed by atoms with Crippen LogP contribution in [0, 0.1) is 16.0 Å². The fraction of sp³-hybridized carbons (Fsp3) is 0.129. The molecule has 1 saturated heterocycles. The second-order valence-electron chi connectivity index (χ2n) is 10.1. The number of carbonyl (C=O) groups is 3. The van der Waals surface area contributed by atoms with Gasteiger partial charge in [-0.1, -0.05) is 48.6 Å². The number of rotatable bonds is 5. The molecule has 9 nitrogen and oxygen atoms in total. The first-order chi connectivity index (χ1) is 19.4. The third-order valence-corrected chi connectivity index (χ3v) is 8.22. The minimum absolute atomic E-state index is 0.0418. The number of nitro groups is 1. The SMILES string of the molecule is O=C(c1ccc([N+](=O)[O-])cc1)[C@@H]1[C@H](C(=O)c2ccco2)[C@]2(C(=O)Nc3ccccc32)[C@H]2C=Cc3ccccc3N12. The molecule has 3 aromatic carbocycles. The summed E-state index contributed by atoms with van der Waals surface area (Å²) in [6, 6.07) is 21.4. The normalized spacial score (nSPS) is 23.9. The first-order valence-electron chi connectivity index (χ1n) is 12.8. The number of fused-ring (bicyclic) bond motifs is 6. The fourth-order valence-corrected chi connectivity index (χ4v) is 6.61. The zero-order valence-electron chi connectivity index (χ0n) is 20.9. The van der Waals surface area contributed by atoms with E-state index in [-0.39, 0.29) is 22.9 Å². The zero-order chi connectivity index (χ0) is 27.6. The highest BCUT2D eigenvalue weighted by Gasteiger charge is 2.70. The predicted molar refractivity (Wildman–Crippen MR) is 146 cm³/mol. The van der Waals surface area contributed by atoms with Gasteiger partial charge in [0.2, 0.25) is 11.7 Å². The molecule has 1 aromatic heterocycles. The van der Waals surface area contributed by atoms with Crippen molar-refractivity contribution in [2.75, 3.05) is 10.2 Å². The number of hydrogen-bond acceptors (Lipinski definition) is 7. The number of nitrogens with one attached hydrogen (secondary N) is 1. The molecule has 0 unspecified atom stereocenters. The molecule has 7 rings (SSSR count). The Kier molecular flexibility index (Phi) is 5.11. The first kappa shape index (κ1) is 23.8. The molecular formula is C31H21N3O6. The number of ketones is 2. The van der Waals surface area contributed by atoms with Crippen LogP contribution >= 0.6 is 0 Å². The van der Waals surface area contributed by atoms with Crippen molar-refractivity contribution in [3.63, 3.8) is 0 Å². The van der Waals surface area contributed by atoms with Gasteiger partial charge in [0.15, 0.2) is 11.5 Å². The van der Waals surface area contributed by atoms with Gasteiger partial charge >= 0.3 is 0 Å². The van der Waals surface area contributed by atoms with E-state index in [1.54, 1.807) is 18.2 Å². The van der Waals surface area contributed by atoms with E-state index in [4.69, 9.17) is 4.42 Å². The van der Waals surface area contributed by atoms with Crippen LogP contribution in [0.1, 0.15) is 32.0 Å². The smallest absolute Gasteiger partial charge is 0.269 e. The summed E-state index contributed by atoms with van der Waals surface area (Å²) in [4.78, 5) is 55.7. The Morgan fingerprint density at radius 2 is 1.68 bits per heavy atom. The van der Waals surface area contributed by atoms with Gasteiger partial charge in [-0.15, -0.1) is 0 Å². The molecule has 1 amide bonds. The second-order valence-corrected chi connectivity index (χ2v) is 10.1. The van der Waals surface area contributed by atoms with Gasteiger partial charge in [-0.2, -0.15) is 0 Å². The van der Waals surface area contributed by atoms with E-state index in [2.05, 4.69) is 5.32 Å². The maximum atomic E-state index is 14.5. The van der Waals surface area contributed by atoms with Crippen molar-refractivity contribution in [2.24, 2.45) is 5.92 Å². The average Bonchev–Trinajstić information content (AvgIpc) is 3.69. The number of anilines is 2. The summed E-state index contributed by atoms with van der Waals surface area (Å²) in [5, 5.41) is 14.2. The van der Waals surface area contributed by atoms with Gasteiger partial charge in [-0.05, 0) is 47.5 Å². The highest BCUT2D eigenvalue weighted by molar-refractivity contribution is 6.18. The number of Topliss-reactive ketones (excluding diaryl/α,β-unsaturated/α-hetero) is 2. The van der Waals surface area contributed by atoms with Gasteiger partial charge in [-0.3, -0.25) is 24.5 Å². The van der Waals surface area contributed by atoms with Crippen molar-refractivity contribution in [2.45, 2.75) is 17.5 Å². The highest BCUT2D eigenvalue weighted by Crippen LogP contribution is 2.58. The molecule has 1 spiro atoms. The molecular weight excluding hydrogens is 510 g/mol. The lowest BCUT2D eigenvalue weighted by Gasteiger charge is -2.37. The molecule has 1 N–H and O–H groups in total. The Balaban J connectivity index is 1.51. The summed E-state index contributed by atoms with van der Waals surface area (Å²) in [7, 11) is 0. The Labute approximate surface area is 227 Å². The summed E-state index contributed by atoms with van der Waals surface area (Å²) in [5.41, 5.74) is 1.35. The molecule has 4 aromatic rings. The van der Waals surface area contributed by atoms with Crippen molar-refractivity contribution in [3.05, 3.63) is 130 Å². The van der Waals surface area contributed by atoms with E-state index in [9.17, 15) is 24.5 Å². The summed E-state index contributed by atoms with van der Waals surface area (Å²) in [6.07, 6.45) is 5.18. The van der Waals surface area contributed by atoms with E-state index >= 15 is 0 Å². The quantitative estimate of drug-likeness (QED) is 0.217. The summed E-state index contributed by atoms with van der Waals surface area (Å²) < 4.78 is 5.53. The standard InChI is InChI=1S/C31H21N3O6/c35-28(19-11-14-20(15-12-19)34(38)39)27-26(29(36)24-10-5-17-40-24)31(21-7-2-3-8-22(21)32-30(31)37)25-16-13-18-6-1-4-9-23(18)33(25)27/h1-17,25-27H,(H,32,37)/t25-,26-,27+,31-/m1/s1. The maximum absolute atomic E-state index is 14.5. The van der Waals surface area contributed by atoms with Crippen LogP contribution in [0.3, 0.4) is 0 Å². The van der Waals surface area contributed by atoms with Crippen LogP contribution in [-0.2, 0) is 10.2 Å². The second kappa shape index (κ2) is 8.60. The topological polar surface area (TPSA) is 123 Å². The van der Waals surface area contributed by atoms with Crippen LogP contribution in [0.15, 0.2) is 102 Å². The van der Waals surface area contributed by atoms with Crippen LogP contribution < -0.4 is 10.2 Å². The summed E-state index contributed by atoms with van der Waals surface area (Å²) >= 11 is 0. The molecule has 3 aliphatic rings. The lowest BCUT2D eigenvalue weighted by molar-refractivity contribution is -0.384. The predicted octanol–water partition coefficient (Wildman–Crippen LogP) is 5.04. The van der Waals surface area contributed by atoms with Crippen LogP contribution in [0.5, 0.6) is 0 Å². The number of carbonyl (C=O) groups excluding carboxylic acids is 3. The number of non-ortho nitro benzene ring substituents is 1. The molecule has 0 bridgehead atoms. The molecule has 0 saturated carbocycles. The van der Waals surface area contributed by atoms with Crippen molar-refractivity contribution in [3.8, 4) is 0 Å². The summed E-state index contributed by atoms with van der Waals surface area (Å²) in [5.74, 6) is -2.41. The van der Waals surface area contributed by atoms with Gasteiger partial charge < -0.3 is 14.6 Å². The van der Waals surface area contributed by atoms with Crippen molar-refractivity contribution in [1.82, 2.24) is 0 Å². The van der Waals surface area contributed by atoms with E-state index in [0.29, 0.717) is 16.9 Å². The van der Waals surface area contributed by atoms with Crippen LogP contribution in [0.4, 0.5) is 17.1 Å². The molecule has 40 heavy (non-hydrogen) atoms. The van der Waals surface area contributed by atoms with Gasteiger partial charge in [0.25, 0.3) is 5.69 Å². The molecule has 9 heteroatoms. The Bertz CT molecular complexity index is 1740. The number of nitro benzene ring substituents is 1. The summed E-state index contributed by atoms with van der Waals surface area (Å²) in [6.45, 7) is 0. The number of amides is 1. The number of benzene rings is 3. The van der Waals surface area contributed by atoms with Crippen LogP contribution in [0.2, 0.25) is 0 Å². The Morgan fingerprint density at radius 3 is 2.42 bits per heavy atom. The van der Waals surface area contributed by atoms with Gasteiger partial charge in [-0.25, -0.2) is 0 Å². The fourth-order valence-electron chi connectivity index (χ4n) is 6.61. The molecule has 196 valence electrons. The van der Waals surface area contributed by atoms with E-state index in [0.717, 1.165) is 5.56 Å². The molecule has 4 heterocycles. The third-order valence-electron chi connectivity index (χ3n) is 8.22. The van der Waals surface area contributed by atoms with Crippen LogP contribution in [-0.4, -0.2) is 34.5 Å². The first-order valence-corrected chi connectivity index (χ1v) is 12.8. The van der Waals surface area contributed by atoms with Gasteiger partial charge in [0.05, 0.1) is 23.1 Å². The Morgan fingerprint density at radius 1 is 0.925 bits per heavy atom. The lowest BCUT2D eigenvalue weighted by atomic mass is 9.64. The largest absolute Gasteiger partial charge is 0.461 e. The third kappa shape index (κ3) is 3.11. The van der Waals surface area contributed by atoms with E-state index in [1.807, 2.05) is 53.5 Å².